The van der Waals surface area contributed by atoms with Crippen molar-refractivity contribution < 1.29 is 289 Å². The SMILES string of the molecule is C=O.CCC.CCN(CC(=O)[O-])S(=O)(=O)C(F)(F)C(F)(F)C(F)(F)C(F)(F)C(F)(F)C(F)(F)C(F)(F)C(F)(F)F.O=C([O-])CNS(=O)C(F)(F)C(F)(F)C(F)(F)C(F)(F)C(F)(F)C(F)(F)C(F)(F)C(F)(F)F.[K+].[K+]. The Hall–Kier alpha value is -0.477. The molecule has 48 heteroatoms. The van der Waals surface area contributed by atoms with Crippen LogP contribution in [-0.2, 0) is 35.4 Å². The normalized spacial score (nSPS) is 15.2. The first-order valence-corrected chi connectivity index (χ1v) is 18.7. The summed E-state index contributed by atoms with van der Waals surface area (Å²) >= 11 is 0. The molecule has 0 radical (unpaired) electrons. The van der Waals surface area contributed by atoms with E-state index in [1.165, 1.54) is 6.42 Å². The summed E-state index contributed by atoms with van der Waals surface area (Å²) in [6.07, 6.45) is -14.5. The molecular formula is C26H20F34K2N2O8S2. The largest absolute Gasteiger partial charge is 1.00 e. The van der Waals surface area contributed by atoms with Gasteiger partial charge >= 0.3 is 197 Å². The average Bonchev–Trinajstić information content (AvgIpc) is 3.18. The maximum Gasteiger partial charge on any atom is 1.00 e. The molecule has 0 saturated carbocycles. The molecule has 0 heterocycles. The van der Waals surface area contributed by atoms with Crippen LogP contribution in [0.4, 0.5) is 149 Å². The topological polar surface area (TPSA) is 164 Å². The van der Waals surface area contributed by atoms with E-state index in [0.29, 0.717) is 6.92 Å². The second kappa shape index (κ2) is 26.4. The van der Waals surface area contributed by atoms with Crippen LogP contribution in [-0.4, -0.2) is 149 Å². The van der Waals surface area contributed by atoms with Gasteiger partial charge in [0.2, 0.25) is 0 Å². The van der Waals surface area contributed by atoms with Crippen LogP contribution in [0.15, 0.2) is 0 Å². The summed E-state index contributed by atoms with van der Waals surface area (Å²) in [5.41, 5.74) is 0. The Balaban J connectivity index is -0.000000281. The van der Waals surface area contributed by atoms with Crippen LogP contribution in [0.25, 0.3) is 0 Å². The third-order valence-corrected chi connectivity index (χ3v) is 10.4. The molecule has 0 fully saturated rings. The van der Waals surface area contributed by atoms with Crippen molar-refractivity contribution in [2.24, 2.45) is 0 Å². The van der Waals surface area contributed by atoms with E-state index in [0.717, 1.165) is 0 Å². The Morgan fingerprint density at radius 3 is 0.865 bits per heavy atom. The van der Waals surface area contributed by atoms with Crippen LogP contribution in [0, 0.1) is 0 Å². The fourth-order valence-electron chi connectivity index (χ4n) is 3.47. The number of carboxylic acid groups (broad SMARTS) is 2. The van der Waals surface area contributed by atoms with E-state index in [-0.39, 0.29) is 107 Å². The summed E-state index contributed by atoms with van der Waals surface area (Å²) in [6, 6.07) is 0. The van der Waals surface area contributed by atoms with Crippen LogP contribution < -0.4 is 118 Å². The molecule has 0 aromatic rings. The number of carboxylic acids is 2. The first kappa shape index (κ1) is 84.8. The van der Waals surface area contributed by atoms with E-state index < -0.39 is 151 Å². The molecule has 0 aromatic heterocycles. The minimum atomic E-state index is -8.95. The first-order chi connectivity index (χ1) is 30.9. The van der Waals surface area contributed by atoms with Gasteiger partial charge in [-0.05, 0) is 0 Å². The number of nitrogens with one attached hydrogen (secondary N) is 1. The number of carbonyl (C=O) groups excluding carboxylic acids is 3. The molecule has 0 aliphatic rings. The molecule has 0 spiro atoms. The van der Waals surface area contributed by atoms with Gasteiger partial charge in [0.05, 0.1) is 18.5 Å². The van der Waals surface area contributed by atoms with Crippen LogP contribution in [0.3, 0.4) is 0 Å². The van der Waals surface area contributed by atoms with Gasteiger partial charge in [0.15, 0.2) is 11.0 Å². The van der Waals surface area contributed by atoms with E-state index in [9.17, 15) is 182 Å². The molecule has 434 valence electrons. The summed E-state index contributed by atoms with van der Waals surface area (Å²) in [4.78, 5) is 28.2. The van der Waals surface area contributed by atoms with Crippen molar-refractivity contribution in [2.45, 2.75) is 121 Å². The van der Waals surface area contributed by atoms with Crippen molar-refractivity contribution in [2.75, 3.05) is 19.6 Å². The number of carbonyl (C=O) groups is 3. The zero-order valence-corrected chi connectivity index (χ0v) is 43.3. The molecule has 1 atom stereocenters. The molecule has 0 aliphatic carbocycles. The maximum absolute atomic E-state index is 13.8. The van der Waals surface area contributed by atoms with Gasteiger partial charge in [0, 0.05) is 13.1 Å². The van der Waals surface area contributed by atoms with Crippen LogP contribution >= 0.6 is 0 Å². The Kier molecular flexibility index (Phi) is 30.3. The Bertz CT molecular complexity index is 1980. The van der Waals surface area contributed by atoms with E-state index in [1.807, 2.05) is 6.79 Å². The molecule has 0 bridgehead atoms. The molecule has 1 unspecified atom stereocenters. The predicted octanol–water partition coefficient (Wildman–Crippen LogP) is 1.55. The van der Waals surface area contributed by atoms with Gasteiger partial charge in [-0.2, -0.15) is 154 Å². The van der Waals surface area contributed by atoms with Crippen LogP contribution in [0.2, 0.25) is 0 Å². The van der Waals surface area contributed by atoms with Gasteiger partial charge in [-0.3, -0.25) is 0 Å². The van der Waals surface area contributed by atoms with E-state index in [4.69, 9.17) is 4.79 Å². The number of hydrogen-bond donors (Lipinski definition) is 1. The van der Waals surface area contributed by atoms with Gasteiger partial charge in [0.25, 0.3) is 10.0 Å². The van der Waals surface area contributed by atoms with Crippen molar-refractivity contribution in [1.29, 1.82) is 0 Å². The zero-order valence-electron chi connectivity index (χ0n) is 35.4. The van der Waals surface area contributed by atoms with Gasteiger partial charge in [-0.15, -0.1) is 0 Å². The quantitative estimate of drug-likeness (QED) is 0.134. The number of alkyl halides is 34. The number of hydrogen-bond acceptors (Lipinski definition) is 8. The molecule has 10 nitrogen and oxygen atoms in total. The maximum atomic E-state index is 13.8. The number of aliphatic carboxylic acids is 2. The molecule has 74 heavy (non-hydrogen) atoms. The Labute approximate surface area is 474 Å². The van der Waals surface area contributed by atoms with E-state index >= 15 is 0 Å². The van der Waals surface area contributed by atoms with Crippen LogP contribution in [0.1, 0.15) is 27.2 Å². The summed E-state index contributed by atoms with van der Waals surface area (Å²) in [7, 11) is -12.8. The fourth-order valence-corrected chi connectivity index (χ4v) is 5.65. The Morgan fingerprint density at radius 2 is 0.662 bits per heavy atom. The number of halogens is 34. The summed E-state index contributed by atoms with van der Waals surface area (Å²) in [5, 5.41) is 5.16. The van der Waals surface area contributed by atoms with Gasteiger partial charge < -0.3 is 24.6 Å². The van der Waals surface area contributed by atoms with E-state index in [1.54, 1.807) is 0 Å². The third-order valence-electron chi connectivity index (χ3n) is 7.29. The average molecular weight is 1280 g/mol. The molecule has 0 aromatic carbocycles. The molecule has 0 saturated heterocycles. The molecule has 0 aliphatic heterocycles. The molecule has 0 amide bonds. The Morgan fingerprint density at radius 1 is 0.446 bits per heavy atom. The van der Waals surface area contributed by atoms with Crippen molar-refractivity contribution in [3.63, 3.8) is 0 Å². The van der Waals surface area contributed by atoms with Crippen molar-refractivity contribution in [1.82, 2.24) is 9.03 Å². The number of likely N-dealkylation sites (N-methyl/N-ethyl adjacent to an activating group) is 1. The predicted molar refractivity (Wildman–Crippen MR) is 157 cm³/mol. The second-order valence-corrected chi connectivity index (χ2v) is 15.7. The van der Waals surface area contributed by atoms with Crippen molar-refractivity contribution in [3.8, 4) is 0 Å². The standard InChI is InChI=1S/C12H8F17NO4S.C10H4F17NO3S.C3H8.CH2O.2K/c1-2-30(3-4(31)32)35(33,34)12(28,29)10(23,24)8(19,20)6(15,16)5(13,14)7(17,18)9(21,22)11(25,26)27;11-3(12,5(15,16)7(19,20)9(23,24)25)4(13,14)6(17,18)8(21,22)10(26,27)32(31)28-1-2(29)30;1-3-2;1-2;;/h2-3H2,1H3,(H,31,32);28H,1H2,(H,29,30);3H2,1-2H3;1H2;;/q;;;;2*+1/p-2. The summed E-state index contributed by atoms with van der Waals surface area (Å²) in [6.45, 7) is 0.399. The number of sulfonamides is 1. The molecule has 1 N–H and O–H groups in total. The third kappa shape index (κ3) is 14.3. The first-order valence-electron chi connectivity index (χ1n) is 16.1. The minimum absolute atomic E-state index is 0. The van der Waals surface area contributed by atoms with Crippen molar-refractivity contribution in [3.05, 3.63) is 0 Å². The van der Waals surface area contributed by atoms with E-state index in [2.05, 4.69) is 13.8 Å². The minimum Gasteiger partial charge on any atom is -0.549 e. The summed E-state index contributed by atoms with van der Waals surface area (Å²) in [5.74, 6) is -109. The molecular weight excluding hydrogens is 1260 g/mol. The second-order valence-electron chi connectivity index (χ2n) is 12.4. The number of nitrogens with zero attached hydrogens (tertiary/aromatic N) is 1. The van der Waals surface area contributed by atoms with Crippen molar-refractivity contribution >= 4 is 39.7 Å². The monoisotopic (exact) mass is 1280 g/mol. The smallest absolute Gasteiger partial charge is 0.549 e. The summed E-state index contributed by atoms with van der Waals surface area (Å²) < 4.78 is 475. The van der Waals surface area contributed by atoms with Gasteiger partial charge in [-0.25, -0.2) is 17.3 Å². The van der Waals surface area contributed by atoms with Crippen LogP contribution in [0.5, 0.6) is 0 Å². The fraction of sp³-hybridized carbons (Fsp3) is 0.885. The van der Waals surface area contributed by atoms with Gasteiger partial charge in [-0.1, -0.05) is 27.2 Å². The number of rotatable bonds is 21. The van der Waals surface area contributed by atoms with Gasteiger partial charge in [0.1, 0.15) is 6.79 Å². The zero-order chi connectivity index (χ0) is 60.3. The molecule has 0 rings (SSSR count).